The zero-order valence-corrected chi connectivity index (χ0v) is 42.1. The van der Waals surface area contributed by atoms with Crippen molar-refractivity contribution in [2.45, 2.75) is 112 Å². The van der Waals surface area contributed by atoms with E-state index < -0.39 is 53.5 Å². The van der Waals surface area contributed by atoms with E-state index in [0.29, 0.717) is 17.4 Å². The van der Waals surface area contributed by atoms with Gasteiger partial charge in [-0.2, -0.15) is 0 Å². The van der Waals surface area contributed by atoms with E-state index >= 15 is 0 Å². The number of nitrogens with one attached hydrogen (secondary N) is 2. The molecule has 3 N–H and O–H groups in total. The third-order valence-electron chi connectivity index (χ3n) is 12.9. The number of aryl methyl sites for hydroxylation is 3. The lowest BCUT2D eigenvalue weighted by Crippen LogP contribution is -2.59. The van der Waals surface area contributed by atoms with Gasteiger partial charge < -0.3 is 30.1 Å². The van der Waals surface area contributed by atoms with Crippen LogP contribution in [0, 0.1) is 33.1 Å². The minimum Gasteiger partial charge on any atom is -0.481 e. The van der Waals surface area contributed by atoms with Crippen molar-refractivity contribution in [3.05, 3.63) is 123 Å². The van der Waals surface area contributed by atoms with E-state index in [0.717, 1.165) is 65.1 Å². The highest BCUT2D eigenvalue weighted by Crippen LogP contribution is 2.40. The van der Waals surface area contributed by atoms with Gasteiger partial charge in [0.05, 0.1) is 47.5 Å². The van der Waals surface area contributed by atoms with Crippen molar-refractivity contribution >= 4 is 52.1 Å². The second-order valence-corrected chi connectivity index (χ2v) is 20.9. The van der Waals surface area contributed by atoms with Crippen LogP contribution in [0.3, 0.4) is 0 Å². The number of β-amino-alcohol motifs (C(OH)–C–C–N with tert-alkyl or cyclic N) is 1. The monoisotopic (exact) mass is 970 g/mol. The molecule has 0 bridgehead atoms. The summed E-state index contributed by atoms with van der Waals surface area (Å²) in [6, 6.07) is 20.5. The Morgan fingerprint density at radius 1 is 0.870 bits per heavy atom. The van der Waals surface area contributed by atoms with Crippen LogP contribution in [-0.2, 0) is 23.9 Å². The fraction of sp³-hybridized carbons (Fsp3) is 0.385. The van der Waals surface area contributed by atoms with E-state index in [9.17, 15) is 24.3 Å². The van der Waals surface area contributed by atoms with Crippen molar-refractivity contribution in [2.24, 2.45) is 10.4 Å². The van der Waals surface area contributed by atoms with Gasteiger partial charge in [-0.3, -0.25) is 28.7 Å². The summed E-state index contributed by atoms with van der Waals surface area (Å²) in [5, 5.41) is 26.5. The van der Waals surface area contributed by atoms with Gasteiger partial charge in [0.1, 0.15) is 34.7 Å². The molecule has 2 aliphatic rings. The number of nitrogens with zero attached hydrogens (tertiary/aromatic N) is 6. The molecule has 8 rings (SSSR count). The molecule has 2 aliphatic heterocycles. The Labute approximate surface area is 410 Å². The summed E-state index contributed by atoms with van der Waals surface area (Å²) in [7, 11) is 1.36. The number of hydrogen-bond donors (Lipinski definition) is 3. The lowest BCUT2D eigenvalue weighted by molar-refractivity contribution is -0.145. The van der Waals surface area contributed by atoms with E-state index in [1.165, 1.54) is 12.0 Å². The van der Waals surface area contributed by atoms with Crippen LogP contribution in [0.1, 0.15) is 104 Å². The van der Waals surface area contributed by atoms with Gasteiger partial charge in [0, 0.05) is 29.0 Å². The van der Waals surface area contributed by atoms with Crippen LogP contribution in [0.15, 0.2) is 83.3 Å². The molecule has 1 fully saturated rings. The number of carbonyl (C=O) groups is 4. The summed E-state index contributed by atoms with van der Waals surface area (Å²) in [5.74, 6) is 0.0299. The largest absolute Gasteiger partial charge is 0.481 e. The van der Waals surface area contributed by atoms with Crippen molar-refractivity contribution in [3.63, 3.8) is 0 Å². The number of rotatable bonds is 13. The Bertz CT molecular complexity index is 2910. The predicted octanol–water partition coefficient (Wildman–Crippen LogP) is 7.95. The van der Waals surface area contributed by atoms with Gasteiger partial charge in [0.15, 0.2) is 11.9 Å². The van der Waals surface area contributed by atoms with Gasteiger partial charge in [-0.25, -0.2) is 4.98 Å². The Kier molecular flexibility index (Phi) is 14.0. The third-order valence-corrected chi connectivity index (χ3v) is 15.1. The fourth-order valence-electron chi connectivity index (χ4n) is 8.85. The first kappa shape index (κ1) is 48.9. The number of methoxy groups -OCH3 is 1. The van der Waals surface area contributed by atoms with Crippen molar-refractivity contribution in [1.29, 1.82) is 0 Å². The molecule has 0 saturated carbocycles. The maximum Gasteiger partial charge on any atom is 0.308 e. The molecular formula is C52H58N8O7S2. The first-order valence-electron chi connectivity index (χ1n) is 23.0. The van der Waals surface area contributed by atoms with Crippen LogP contribution >= 0.6 is 22.7 Å². The fourth-order valence-corrected chi connectivity index (χ4v) is 10.9. The highest BCUT2D eigenvalue weighted by atomic mass is 32.1. The van der Waals surface area contributed by atoms with Crippen LogP contribution in [-0.4, -0.2) is 97.1 Å². The molecule has 3 aromatic carbocycles. The molecule has 3 amide bonds. The van der Waals surface area contributed by atoms with Gasteiger partial charge in [-0.05, 0) is 86.9 Å². The summed E-state index contributed by atoms with van der Waals surface area (Å²) < 4.78 is 13.1. The quantitative estimate of drug-likeness (QED) is 0.0958. The highest BCUT2D eigenvalue weighted by Gasteiger charge is 2.45. The number of aliphatic hydroxyl groups excluding tert-OH is 1. The second kappa shape index (κ2) is 19.8. The SMILES string of the molecule is COC(=O)CC1N=C(c2ccc(-c3ccc(O[C@@H](C)C(=O)N[C@H](C(=O)N4C[C@H](O)C[C@H]4C(=O)N[C@@H](C)c4ccc(-c5scnc5C)cc4)C(C)(C)C)cc3)cc2)c2c(sc(C)c2C)-n2c(C)nnc21. The van der Waals surface area contributed by atoms with Crippen LogP contribution in [0.4, 0.5) is 0 Å². The molecule has 5 heterocycles. The van der Waals surface area contributed by atoms with Crippen LogP contribution in [0.5, 0.6) is 5.75 Å². The number of fused-ring (bicyclic) bond motifs is 3. The van der Waals surface area contributed by atoms with Crippen molar-refractivity contribution < 1.29 is 33.8 Å². The molecule has 1 unspecified atom stereocenters. The zero-order valence-electron chi connectivity index (χ0n) is 40.5. The van der Waals surface area contributed by atoms with Gasteiger partial charge in [-0.15, -0.1) is 32.9 Å². The van der Waals surface area contributed by atoms with Gasteiger partial charge in [0.25, 0.3) is 5.91 Å². The summed E-state index contributed by atoms with van der Waals surface area (Å²) in [6.07, 6.45) is -1.78. The molecular weight excluding hydrogens is 913 g/mol. The maximum absolute atomic E-state index is 14.3. The molecule has 6 aromatic rings. The van der Waals surface area contributed by atoms with Crippen LogP contribution < -0.4 is 15.4 Å². The van der Waals surface area contributed by atoms with Crippen LogP contribution in [0.25, 0.3) is 26.6 Å². The van der Waals surface area contributed by atoms with Crippen molar-refractivity contribution in [1.82, 2.24) is 35.3 Å². The van der Waals surface area contributed by atoms with Gasteiger partial charge in [0.2, 0.25) is 11.8 Å². The van der Waals surface area contributed by atoms with Gasteiger partial charge in [-0.1, -0.05) is 81.4 Å². The first-order valence-corrected chi connectivity index (χ1v) is 24.7. The lowest BCUT2D eigenvalue weighted by atomic mass is 9.85. The molecule has 0 aliphatic carbocycles. The number of aliphatic imine (C=N–C) groups is 1. The Morgan fingerprint density at radius 3 is 2.13 bits per heavy atom. The number of thiophene rings is 1. The standard InChI is InChI=1S/C52H58N8O7S2/c1-27-31(5)69-51-43(27)44(55-40(24-42(62)66-10)47-58-57-32(6)60(47)51)36-15-13-34(14-16-36)35-19-21-39(22-20-35)67-30(4)48(63)56-46(52(7,8)9)50(65)59-25-38(61)23-41(59)49(64)54-28(2)33-11-17-37(18-12-33)45-29(3)53-26-68-45/h11-22,26,28,30,38,40-41,46,61H,23-25H2,1-10H3,(H,54,64)(H,56,63)/t28-,30-,38+,40?,41-,46+/m0/s1. The number of hydrogen-bond acceptors (Lipinski definition) is 13. The smallest absolute Gasteiger partial charge is 0.308 e. The summed E-state index contributed by atoms with van der Waals surface area (Å²) in [6.45, 7) is 17.0. The molecule has 15 nitrogen and oxygen atoms in total. The normalized spacial score (nSPS) is 18.0. The number of likely N-dealkylation sites (tertiary alicyclic amines) is 1. The molecule has 1 saturated heterocycles. The number of esters is 1. The zero-order chi connectivity index (χ0) is 49.5. The van der Waals surface area contributed by atoms with Crippen molar-refractivity contribution in [3.8, 4) is 32.3 Å². The molecule has 6 atom stereocenters. The number of thiazole rings is 1. The highest BCUT2D eigenvalue weighted by molar-refractivity contribution is 7.15. The predicted molar refractivity (Wildman–Crippen MR) is 267 cm³/mol. The summed E-state index contributed by atoms with van der Waals surface area (Å²) in [4.78, 5) is 67.6. The third kappa shape index (κ3) is 10.1. The summed E-state index contributed by atoms with van der Waals surface area (Å²) >= 11 is 3.22. The number of benzene rings is 3. The molecule has 0 radical (unpaired) electrons. The number of amides is 3. The average molecular weight is 971 g/mol. The van der Waals surface area contributed by atoms with E-state index in [-0.39, 0.29) is 31.3 Å². The number of aliphatic hydroxyl groups is 1. The van der Waals surface area contributed by atoms with Gasteiger partial charge >= 0.3 is 5.97 Å². The molecule has 360 valence electrons. The number of aromatic nitrogens is 4. The van der Waals surface area contributed by atoms with E-state index in [1.54, 1.807) is 41.7 Å². The maximum atomic E-state index is 14.3. The first-order chi connectivity index (χ1) is 32.8. The molecule has 0 spiro atoms. The van der Waals surface area contributed by atoms with E-state index in [1.807, 2.05) is 112 Å². The Hall–Kier alpha value is -6.56. The topological polar surface area (TPSA) is 190 Å². The molecule has 69 heavy (non-hydrogen) atoms. The van der Waals surface area contributed by atoms with Crippen molar-refractivity contribution in [2.75, 3.05) is 13.7 Å². The lowest BCUT2D eigenvalue weighted by Gasteiger charge is -2.36. The second-order valence-electron chi connectivity index (χ2n) is 18.9. The minimum absolute atomic E-state index is 0.0174. The number of carbonyl (C=O) groups excluding carboxylic acids is 4. The Morgan fingerprint density at radius 2 is 1.51 bits per heavy atom. The van der Waals surface area contributed by atoms with E-state index in [4.69, 9.17) is 14.5 Å². The van der Waals surface area contributed by atoms with E-state index in [2.05, 4.69) is 39.7 Å². The molecule has 3 aromatic heterocycles. The van der Waals surface area contributed by atoms with Crippen LogP contribution in [0.2, 0.25) is 0 Å². The average Bonchev–Trinajstić information content (AvgIpc) is 4.09. The summed E-state index contributed by atoms with van der Waals surface area (Å²) in [5.41, 5.74) is 9.55. The molecule has 17 heteroatoms. The Balaban J connectivity index is 0.921. The minimum atomic E-state index is -1.02. The number of ether oxygens (including phenoxy) is 2.